The maximum Gasteiger partial charge on any atom is 0.336 e. The first-order chi connectivity index (χ1) is 9.54. The van der Waals surface area contributed by atoms with Gasteiger partial charge in [-0.25, -0.2) is 9.78 Å². The average Bonchev–Trinajstić information content (AvgIpc) is 2.45. The van der Waals surface area contributed by atoms with E-state index < -0.39 is 5.97 Å². The number of ether oxygens (including phenoxy) is 1. The highest BCUT2D eigenvalue weighted by atomic mass is 16.5. The number of pyridine rings is 1. The number of likely N-dealkylation sites (N-methyl/N-ethyl adjacent to an activating group) is 1. The molecule has 1 N–H and O–H groups in total. The summed E-state index contributed by atoms with van der Waals surface area (Å²) < 4.78 is 5.14. The highest BCUT2D eigenvalue weighted by Gasteiger charge is 2.13. The summed E-state index contributed by atoms with van der Waals surface area (Å²) in [5.41, 5.74) is 0.952. The lowest BCUT2D eigenvalue weighted by atomic mass is 10.1. The lowest BCUT2D eigenvalue weighted by Gasteiger charge is -2.25. The monoisotopic (exact) mass is 274 g/mol. The minimum Gasteiger partial charge on any atom is -0.478 e. The summed E-state index contributed by atoms with van der Waals surface area (Å²) in [7, 11) is 3.61. The molecular formula is C15H18N2O3. The second kappa shape index (κ2) is 5.88. The van der Waals surface area contributed by atoms with Crippen molar-refractivity contribution in [2.75, 3.05) is 25.7 Å². The van der Waals surface area contributed by atoms with Crippen LogP contribution in [0.5, 0.6) is 0 Å². The molecule has 1 aromatic carbocycles. The third-order valence-corrected chi connectivity index (χ3v) is 3.38. The number of aromatic carboxylic acids is 1. The van der Waals surface area contributed by atoms with E-state index in [0.717, 1.165) is 5.82 Å². The van der Waals surface area contributed by atoms with Gasteiger partial charge in [-0.2, -0.15) is 0 Å². The Hall–Kier alpha value is -2.14. The summed E-state index contributed by atoms with van der Waals surface area (Å²) in [5, 5.41) is 9.81. The fourth-order valence-electron chi connectivity index (χ4n) is 2.11. The molecule has 0 spiro atoms. The van der Waals surface area contributed by atoms with E-state index in [4.69, 9.17) is 9.84 Å². The minimum atomic E-state index is -0.939. The molecule has 106 valence electrons. The van der Waals surface area contributed by atoms with Gasteiger partial charge in [0.2, 0.25) is 0 Å². The SMILES string of the molecule is COCC(C)N(C)c1ccc2c(C(=O)O)cccc2n1. The quantitative estimate of drug-likeness (QED) is 0.907. The molecule has 2 aromatic rings. The van der Waals surface area contributed by atoms with E-state index in [1.807, 2.05) is 31.0 Å². The molecule has 0 radical (unpaired) electrons. The Bertz CT molecular complexity index is 628. The highest BCUT2D eigenvalue weighted by Crippen LogP contribution is 2.22. The van der Waals surface area contributed by atoms with Crippen molar-refractivity contribution in [2.24, 2.45) is 0 Å². The fraction of sp³-hybridized carbons (Fsp3) is 0.333. The molecule has 1 heterocycles. The zero-order valence-corrected chi connectivity index (χ0v) is 11.8. The molecule has 1 aromatic heterocycles. The third-order valence-electron chi connectivity index (χ3n) is 3.38. The van der Waals surface area contributed by atoms with E-state index in [-0.39, 0.29) is 11.6 Å². The normalized spacial score (nSPS) is 12.3. The number of rotatable bonds is 5. The maximum atomic E-state index is 11.2. The average molecular weight is 274 g/mol. The van der Waals surface area contributed by atoms with Crippen LogP contribution >= 0.6 is 0 Å². The summed E-state index contributed by atoms with van der Waals surface area (Å²) >= 11 is 0. The van der Waals surface area contributed by atoms with Gasteiger partial charge in [0.1, 0.15) is 5.82 Å². The zero-order chi connectivity index (χ0) is 14.7. The van der Waals surface area contributed by atoms with E-state index in [9.17, 15) is 4.79 Å². The lowest BCUT2D eigenvalue weighted by Crippen LogP contribution is -2.33. The van der Waals surface area contributed by atoms with Crippen molar-refractivity contribution in [2.45, 2.75) is 13.0 Å². The van der Waals surface area contributed by atoms with Gasteiger partial charge in [-0.15, -0.1) is 0 Å². The van der Waals surface area contributed by atoms with Crippen molar-refractivity contribution in [1.82, 2.24) is 4.98 Å². The molecule has 1 unspecified atom stereocenters. The van der Waals surface area contributed by atoms with Crippen LogP contribution in [0.1, 0.15) is 17.3 Å². The Morgan fingerprint density at radius 3 is 2.80 bits per heavy atom. The molecule has 0 bridgehead atoms. The van der Waals surface area contributed by atoms with Gasteiger partial charge in [-0.1, -0.05) is 6.07 Å². The van der Waals surface area contributed by atoms with Gasteiger partial charge in [-0.05, 0) is 31.2 Å². The van der Waals surface area contributed by atoms with Gasteiger partial charge < -0.3 is 14.7 Å². The molecule has 20 heavy (non-hydrogen) atoms. The van der Waals surface area contributed by atoms with E-state index >= 15 is 0 Å². The van der Waals surface area contributed by atoms with Crippen LogP contribution in [0.4, 0.5) is 5.82 Å². The highest BCUT2D eigenvalue weighted by molar-refractivity contribution is 6.02. The van der Waals surface area contributed by atoms with Gasteiger partial charge in [0.05, 0.1) is 23.7 Å². The number of hydrogen-bond donors (Lipinski definition) is 1. The fourth-order valence-corrected chi connectivity index (χ4v) is 2.11. The van der Waals surface area contributed by atoms with Crippen LogP contribution in [0.2, 0.25) is 0 Å². The number of hydrogen-bond acceptors (Lipinski definition) is 4. The zero-order valence-electron chi connectivity index (χ0n) is 11.8. The smallest absolute Gasteiger partial charge is 0.336 e. The van der Waals surface area contributed by atoms with Crippen LogP contribution in [0.25, 0.3) is 10.9 Å². The molecule has 0 aliphatic carbocycles. The van der Waals surface area contributed by atoms with Crippen LogP contribution < -0.4 is 4.90 Å². The topological polar surface area (TPSA) is 62.7 Å². The molecule has 2 rings (SSSR count). The van der Waals surface area contributed by atoms with Crippen molar-refractivity contribution in [3.05, 3.63) is 35.9 Å². The van der Waals surface area contributed by atoms with Crippen molar-refractivity contribution in [1.29, 1.82) is 0 Å². The van der Waals surface area contributed by atoms with Crippen LogP contribution in [-0.2, 0) is 4.74 Å². The van der Waals surface area contributed by atoms with E-state index in [1.165, 1.54) is 0 Å². The third kappa shape index (κ3) is 2.72. The van der Waals surface area contributed by atoms with Crippen molar-refractivity contribution < 1.29 is 14.6 Å². The number of aromatic nitrogens is 1. The first kappa shape index (κ1) is 14.3. The number of benzene rings is 1. The Morgan fingerprint density at radius 2 is 2.15 bits per heavy atom. The number of nitrogens with zero attached hydrogens (tertiary/aromatic N) is 2. The molecule has 0 saturated carbocycles. The van der Waals surface area contributed by atoms with Crippen LogP contribution in [0.15, 0.2) is 30.3 Å². The van der Waals surface area contributed by atoms with E-state index in [1.54, 1.807) is 25.3 Å². The second-order valence-electron chi connectivity index (χ2n) is 4.76. The number of fused-ring (bicyclic) bond motifs is 1. The first-order valence-corrected chi connectivity index (χ1v) is 6.39. The Labute approximate surface area is 117 Å². The summed E-state index contributed by atoms with van der Waals surface area (Å²) in [6, 6.07) is 8.94. The molecule has 0 saturated heterocycles. The van der Waals surface area contributed by atoms with E-state index in [2.05, 4.69) is 4.98 Å². The summed E-state index contributed by atoms with van der Waals surface area (Å²) in [4.78, 5) is 17.7. The van der Waals surface area contributed by atoms with Crippen LogP contribution in [0.3, 0.4) is 0 Å². The molecule has 5 nitrogen and oxygen atoms in total. The summed E-state index contributed by atoms with van der Waals surface area (Å²) in [5.74, 6) is -0.143. The molecule has 0 aliphatic heterocycles. The molecule has 1 atom stereocenters. The van der Waals surface area contributed by atoms with Crippen molar-refractivity contribution >= 4 is 22.7 Å². The number of carboxylic acid groups (broad SMARTS) is 1. The van der Waals surface area contributed by atoms with Crippen LogP contribution in [0, 0.1) is 0 Å². The molecule has 0 amide bonds. The summed E-state index contributed by atoms with van der Waals surface area (Å²) in [6.07, 6.45) is 0. The van der Waals surface area contributed by atoms with Gasteiger partial charge in [0.25, 0.3) is 0 Å². The largest absolute Gasteiger partial charge is 0.478 e. The standard InChI is InChI=1S/C15H18N2O3/c1-10(9-20-3)17(2)14-8-7-11-12(15(18)19)5-4-6-13(11)16-14/h4-8,10H,9H2,1-3H3,(H,18,19). The molecule has 5 heteroatoms. The molecular weight excluding hydrogens is 256 g/mol. The van der Waals surface area contributed by atoms with E-state index in [0.29, 0.717) is 17.5 Å². The lowest BCUT2D eigenvalue weighted by molar-refractivity contribution is 0.0699. The van der Waals surface area contributed by atoms with Crippen LogP contribution in [-0.4, -0.2) is 42.9 Å². The molecule has 0 fully saturated rings. The minimum absolute atomic E-state index is 0.188. The van der Waals surface area contributed by atoms with Gasteiger partial charge in [0.15, 0.2) is 0 Å². The Kier molecular flexibility index (Phi) is 4.20. The Balaban J connectivity index is 2.42. The van der Waals surface area contributed by atoms with Gasteiger partial charge in [-0.3, -0.25) is 0 Å². The first-order valence-electron chi connectivity index (χ1n) is 6.39. The second-order valence-corrected chi connectivity index (χ2v) is 4.76. The predicted octanol–water partition coefficient (Wildman–Crippen LogP) is 2.40. The number of methoxy groups -OCH3 is 1. The number of anilines is 1. The van der Waals surface area contributed by atoms with Gasteiger partial charge in [0, 0.05) is 19.5 Å². The molecule has 0 aliphatic rings. The number of carbonyl (C=O) groups is 1. The number of carboxylic acids is 1. The summed E-state index contributed by atoms with van der Waals surface area (Å²) in [6.45, 7) is 2.65. The Morgan fingerprint density at radius 1 is 1.40 bits per heavy atom. The van der Waals surface area contributed by atoms with Crippen molar-refractivity contribution in [3.63, 3.8) is 0 Å². The maximum absolute atomic E-state index is 11.2. The van der Waals surface area contributed by atoms with Crippen molar-refractivity contribution in [3.8, 4) is 0 Å². The van der Waals surface area contributed by atoms with Gasteiger partial charge >= 0.3 is 5.97 Å². The predicted molar refractivity (Wildman–Crippen MR) is 78.4 cm³/mol.